The highest BCUT2D eigenvalue weighted by Crippen LogP contribution is 2.24. The first-order valence-electron chi connectivity index (χ1n) is 5.58. The van der Waals surface area contributed by atoms with Crippen molar-refractivity contribution in [3.8, 4) is 0 Å². The topological polar surface area (TPSA) is 24.9 Å². The van der Waals surface area contributed by atoms with E-state index in [2.05, 4.69) is 24.1 Å². The maximum Gasteiger partial charge on any atom is 0.109 e. The van der Waals surface area contributed by atoms with Crippen LogP contribution in [0.5, 0.6) is 0 Å². The van der Waals surface area contributed by atoms with Crippen LogP contribution in [0, 0.1) is 0 Å². The molecule has 1 aromatic rings. The number of nitrogens with zero attached hydrogens (tertiary/aromatic N) is 1. The van der Waals surface area contributed by atoms with E-state index in [1.54, 1.807) is 0 Å². The van der Waals surface area contributed by atoms with Crippen LogP contribution in [0.25, 0.3) is 0 Å². The standard InChI is InChI=1S/C11H18N2S2/c1-3-10-6-12-11(15-10)8(2)13-9-4-5-14-7-9/h6,8-9,13H,3-5,7H2,1-2H3. The van der Waals surface area contributed by atoms with Crippen molar-refractivity contribution in [3.63, 3.8) is 0 Å². The zero-order valence-corrected chi connectivity index (χ0v) is 11.0. The highest BCUT2D eigenvalue weighted by Gasteiger charge is 2.19. The Morgan fingerprint density at radius 1 is 1.67 bits per heavy atom. The lowest BCUT2D eigenvalue weighted by Gasteiger charge is -2.16. The average molecular weight is 242 g/mol. The zero-order valence-electron chi connectivity index (χ0n) is 9.32. The highest BCUT2D eigenvalue weighted by atomic mass is 32.2. The van der Waals surface area contributed by atoms with E-state index in [1.807, 2.05) is 29.3 Å². The molecule has 2 nitrogen and oxygen atoms in total. The molecule has 1 N–H and O–H groups in total. The van der Waals surface area contributed by atoms with Gasteiger partial charge < -0.3 is 5.32 Å². The molecule has 1 aromatic heterocycles. The Hall–Kier alpha value is -0.0600. The molecule has 1 aliphatic rings. The van der Waals surface area contributed by atoms with E-state index < -0.39 is 0 Å². The van der Waals surface area contributed by atoms with Gasteiger partial charge in [-0.3, -0.25) is 0 Å². The maximum atomic E-state index is 4.48. The van der Waals surface area contributed by atoms with Crippen LogP contribution in [-0.2, 0) is 6.42 Å². The van der Waals surface area contributed by atoms with E-state index in [9.17, 15) is 0 Å². The van der Waals surface area contributed by atoms with Gasteiger partial charge in [-0.15, -0.1) is 11.3 Å². The van der Waals surface area contributed by atoms with Crippen molar-refractivity contribution in [2.75, 3.05) is 11.5 Å². The molecule has 0 aromatic carbocycles. The second-order valence-corrected chi connectivity index (χ2v) is 6.26. The number of aryl methyl sites for hydroxylation is 1. The molecule has 15 heavy (non-hydrogen) atoms. The second kappa shape index (κ2) is 5.32. The van der Waals surface area contributed by atoms with E-state index in [0.717, 1.165) is 6.42 Å². The van der Waals surface area contributed by atoms with Gasteiger partial charge >= 0.3 is 0 Å². The zero-order chi connectivity index (χ0) is 10.7. The molecular weight excluding hydrogens is 224 g/mol. The van der Waals surface area contributed by atoms with Gasteiger partial charge in [0.15, 0.2) is 0 Å². The van der Waals surface area contributed by atoms with Crippen LogP contribution in [0.3, 0.4) is 0 Å². The van der Waals surface area contributed by atoms with E-state index >= 15 is 0 Å². The molecule has 0 saturated carbocycles. The number of nitrogens with one attached hydrogen (secondary N) is 1. The monoisotopic (exact) mass is 242 g/mol. The Morgan fingerprint density at radius 3 is 3.13 bits per heavy atom. The predicted molar refractivity (Wildman–Crippen MR) is 68.8 cm³/mol. The van der Waals surface area contributed by atoms with Crippen LogP contribution in [0.1, 0.15) is 36.2 Å². The molecule has 0 bridgehead atoms. The lowest BCUT2D eigenvalue weighted by Crippen LogP contribution is -2.31. The third-order valence-electron chi connectivity index (χ3n) is 2.71. The van der Waals surface area contributed by atoms with Crippen molar-refractivity contribution in [2.45, 2.75) is 38.8 Å². The van der Waals surface area contributed by atoms with Crippen LogP contribution in [-0.4, -0.2) is 22.5 Å². The summed E-state index contributed by atoms with van der Waals surface area (Å²) in [7, 11) is 0. The van der Waals surface area contributed by atoms with Crippen molar-refractivity contribution in [2.24, 2.45) is 0 Å². The predicted octanol–water partition coefficient (Wildman–Crippen LogP) is 2.86. The van der Waals surface area contributed by atoms with Crippen LogP contribution >= 0.6 is 23.1 Å². The Balaban J connectivity index is 1.91. The second-order valence-electron chi connectivity index (χ2n) is 3.97. The first kappa shape index (κ1) is 11.4. The van der Waals surface area contributed by atoms with Crippen molar-refractivity contribution < 1.29 is 0 Å². The van der Waals surface area contributed by atoms with Crippen LogP contribution in [0.15, 0.2) is 6.20 Å². The summed E-state index contributed by atoms with van der Waals surface area (Å²) in [6, 6.07) is 1.11. The van der Waals surface area contributed by atoms with E-state index in [4.69, 9.17) is 0 Å². The molecule has 1 saturated heterocycles. The molecule has 4 heteroatoms. The molecule has 84 valence electrons. The summed E-state index contributed by atoms with van der Waals surface area (Å²) in [6.07, 6.45) is 4.42. The van der Waals surface area contributed by atoms with Crippen LogP contribution in [0.2, 0.25) is 0 Å². The number of aromatic nitrogens is 1. The number of hydrogen-bond acceptors (Lipinski definition) is 4. The lowest BCUT2D eigenvalue weighted by molar-refractivity contribution is 0.485. The smallest absolute Gasteiger partial charge is 0.109 e. The number of thiazole rings is 1. The third-order valence-corrected chi connectivity index (χ3v) is 5.19. The van der Waals surface area contributed by atoms with Crippen molar-refractivity contribution in [1.29, 1.82) is 0 Å². The summed E-state index contributed by atoms with van der Waals surface area (Å²) in [4.78, 5) is 5.87. The Kier molecular flexibility index (Phi) is 4.05. The van der Waals surface area contributed by atoms with Crippen molar-refractivity contribution >= 4 is 23.1 Å². The third kappa shape index (κ3) is 2.95. The molecule has 2 heterocycles. The molecule has 0 amide bonds. The Morgan fingerprint density at radius 2 is 2.53 bits per heavy atom. The van der Waals surface area contributed by atoms with Crippen LogP contribution < -0.4 is 5.32 Å². The largest absolute Gasteiger partial charge is 0.305 e. The average Bonchev–Trinajstić information content (AvgIpc) is 2.86. The fourth-order valence-electron chi connectivity index (χ4n) is 1.78. The van der Waals surface area contributed by atoms with Gasteiger partial charge in [0, 0.05) is 22.9 Å². The molecule has 0 spiro atoms. The summed E-state index contributed by atoms with van der Waals surface area (Å²) in [6.45, 7) is 4.41. The summed E-state index contributed by atoms with van der Waals surface area (Å²) < 4.78 is 0. The molecular formula is C11H18N2S2. The molecule has 1 fully saturated rings. The van der Waals surface area contributed by atoms with Gasteiger partial charge in [0.25, 0.3) is 0 Å². The van der Waals surface area contributed by atoms with Crippen molar-refractivity contribution in [3.05, 3.63) is 16.1 Å². The summed E-state index contributed by atoms with van der Waals surface area (Å²) in [5, 5.41) is 4.90. The number of hydrogen-bond donors (Lipinski definition) is 1. The highest BCUT2D eigenvalue weighted by molar-refractivity contribution is 7.99. The van der Waals surface area contributed by atoms with Gasteiger partial charge in [-0.2, -0.15) is 11.8 Å². The minimum Gasteiger partial charge on any atom is -0.305 e. The summed E-state index contributed by atoms with van der Waals surface area (Å²) in [5.74, 6) is 2.57. The first-order chi connectivity index (χ1) is 7.29. The number of thioether (sulfide) groups is 1. The Labute approximate surface area is 99.9 Å². The molecule has 1 aliphatic heterocycles. The normalized spacial score (nSPS) is 23.2. The van der Waals surface area contributed by atoms with Crippen LogP contribution in [0.4, 0.5) is 0 Å². The minimum absolute atomic E-state index is 0.416. The van der Waals surface area contributed by atoms with Gasteiger partial charge in [0.1, 0.15) is 5.01 Å². The van der Waals surface area contributed by atoms with Gasteiger partial charge in [-0.25, -0.2) is 4.98 Å². The van der Waals surface area contributed by atoms with Gasteiger partial charge in [0.05, 0.1) is 6.04 Å². The Bertz CT molecular complexity index is 305. The SMILES string of the molecule is CCc1cnc(C(C)NC2CCSC2)s1. The van der Waals surface area contributed by atoms with E-state index in [1.165, 1.54) is 27.8 Å². The van der Waals surface area contributed by atoms with Gasteiger partial charge in [-0.05, 0) is 25.5 Å². The van der Waals surface area contributed by atoms with Gasteiger partial charge in [0.2, 0.25) is 0 Å². The quantitative estimate of drug-likeness (QED) is 0.879. The summed E-state index contributed by atoms with van der Waals surface area (Å²) >= 11 is 3.89. The maximum absolute atomic E-state index is 4.48. The molecule has 0 aliphatic carbocycles. The van der Waals surface area contributed by atoms with Gasteiger partial charge in [-0.1, -0.05) is 6.92 Å². The minimum atomic E-state index is 0.416. The van der Waals surface area contributed by atoms with Crippen molar-refractivity contribution in [1.82, 2.24) is 10.3 Å². The fourth-order valence-corrected chi connectivity index (χ4v) is 3.81. The summed E-state index contributed by atoms with van der Waals surface area (Å²) in [5.41, 5.74) is 0. The lowest BCUT2D eigenvalue weighted by atomic mass is 10.2. The number of rotatable bonds is 4. The van der Waals surface area contributed by atoms with E-state index in [0.29, 0.717) is 12.1 Å². The first-order valence-corrected chi connectivity index (χ1v) is 7.55. The molecule has 0 radical (unpaired) electrons. The van der Waals surface area contributed by atoms with E-state index in [-0.39, 0.29) is 0 Å². The molecule has 2 rings (SSSR count). The molecule has 2 atom stereocenters. The fraction of sp³-hybridized carbons (Fsp3) is 0.727. The molecule has 2 unspecified atom stereocenters.